The molecule has 3 aromatic rings. The number of amides is 1. The van der Waals surface area contributed by atoms with Gasteiger partial charge in [0.25, 0.3) is 0 Å². The summed E-state index contributed by atoms with van der Waals surface area (Å²) in [4.78, 5) is 13.9. The molecule has 5 nitrogen and oxygen atoms in total. The van der Waals surface area contributed by atoms with Gasteiger partial charge in [0, 0.05) is 13.5 Å². The van der Waals surface area contributed by atoms with Crippen molar-refractivity contribution >= 4 is 6.09 Å². The Morgan fingerprint density at radius 1 is 0.912 bits per heavy atom. The zero-order chi connectivity index (χ0) is 24.6. The van der Waals surface area contributed by atoms with E-state index in [1.165, 1.54) is 4.90 Å². The molecule has 1 amide bonds. The molecule has 176 valence electrons. The first-order valence-electron chi connectivity index (χ1n) is 11.4. The van der Waals surface area contributed by atoms with Crippen molar-refractivity contribution in [1.82, 2.24) is 4.90 Å². The largest absolute Gasteiger partial charge is 0.489 e. The first kappa shape index (κ1) is 24.9. The Kier molecular flexibility index (Phi) is 8.32. The fourth-order valence-electron chi connectivity index (χ4n) is 3.59. The number of nitrogens with zero attached hydrogens (tertiary/aromatic N) is 2. The molecule has 0 aliphatic heterocycles. The van der Waals surface area contributed by atoms with Crippen molar-refractivity contribution in [3.8, 4) is 11.8 Å². The quantitative estimate of drug-likeness (QED) is 0.401. The van der Waals surface area contributed by atoms with Crippen LogP contribution >= 0.6 is 0 Å². The standard InChI is InChI=1S/C29H32N2O3/c1-29(2,3)26-18-24(15-16-27(26)33-20-22-11-7-5-8-12-22)17-25(19-30)31(4)28(32)34-21-23-13-9-6-10-14-23/h5-16,18,25H,17,20-21H2,1-4H3. The first-order valence-corrected chi connectivity index (χ1v) is 11.4. The van der Waals surface area contributed by atoms with Gasteiger partial charge in [-0.25, -0.2) is 4.79 Å². The van der Waals surface area contributed by atoms with Gasteiger partial charge in [-0.3, -0.25) is 4.90 Å². The van der Waals surface area contributed by atoms with Crippen LogP contribution in [0.5, 0.6) is 5.75 Å². The fourth-order valence-corrected chi connectivity index (χ4v) is 3.59. The summed E-state index contributed by atoms with van der Waals surface area (Å²) in [6.07, 6.45) is -0.121. The maximum Gasteiger partial charge on any atom is 0.410 e. The van der Waals surface area contributed by atoms with Crippen LogP contribution in [0.15, 0.2) is 78.9 Å². The molecule has 1 unspecified atom stereocenters. The van der Waals surface area contributed by atoms with E-state index in [1.807, 2.05) is 72.8 Å². The van der Waals surface area contributed by atoms with Crippen LogP contribution in [-0.2, 0) is 29.8 Å². The monoisotopic (exact) mass is 456 g/mol. The van der Waals surface area contributed by atoms with Crippen LogP contribution in [0.25, 0.3) is 0 Å². The minimum absolute atomic E-state index is 0.148. The summed E-state index contributed by atoms with van der Waals surface area (Å²) in [5, 5.41) is 9.76. The van der Waals surface area contributed by atoms with Crippen LogP contribution < -0.4 is 4.74 Å². The molecule has 34 heavy (non-hydrogen) atoms. The van der Waals surface area contributed by atoms with Gasteiger partial charge in [0.15, 0.2) is 0 Å². The average molecular weight is 457 g/mol. The van der Waals surface area contributed by atoms with Crippen molar-refractivity contribution in [3.05, 3.63) is 101 Å². The lowest BCUT2D eigenvalue weighted by Gasteiger charge is -2.26. The molecule has 0 radical (unpaired) electrons. The number of benzene rings is 3. The summed E-state index contributed by atoms with van der Waals surface area (Å²) in [6.45, 7) is 7.06. The van der Waals surface area contributed by atoms with E-state index in [2.05, 4.69) is 32.9 Å². The Balaban J connectivity index is 1.69. The lowest BCUT2D eigenvalue weighted by Crippen LogP contribution is -2.38. The van der Waals surface area contributed by atoms with Gasteiger partial charge in [-0.15, -0.1) is 0 Å². The van der Waals surface area contributed by atoms with Gasteiger partial charge < -0.3 is 9.47 Å². The highest BCUT2D eigenvalue weighted by atomic mass is 16.6. The number of nitriles is 1. The smallest absolute Gasteiger partial charge is 0.410 e. The van der Waals surface area contributed by atoms with Crippen molar-refractivity contribution < 1.29 is 14.3 Å². The molecule has 5 heteroatoms. The van der Waals surface area contributed by atoms with Gasteiger partial charge in [0.1, 0.15) is 25.0 Å². The summed E-state index contributed by atoms with van der Waals surface area (Å²) in [7, 11) is 1.60. The van der Waals surface area contributed by atoms with Crippen LogP contribution in [0, 0.1) is 11.3 Å². The lowest BCUT2D eigenvalue weighted by molar-refractivity contribution is 0.0979. The molecule has 0 spiro atoms. The first-order chi connectivity index (χ1) is 16.3. The zero-order valence-corrected chi connectivity index (χ0v) is 20.3. The minimum atomic E-state index is -0.646. The molecule has 0 fully saturated rings. The van der Waals surface area contributed by atoms with E-state index in [0.29, 0.717) is 13.0 Å². The molecule has 0 saturated heterocycles. The maximum atomic E-state index is 12.5. The SMILES string of the molecule is CN(C(=O)OCc1ccccc1)C(C#N)Cc1ccc(OCc2ccccc2)c(C(C)(C)C)c1. The van der Waals surface area contributed by atoms with Crippen LogP contribution in [0.1, 0.15) is 43.0 Å². The van der Waals surface area contributed by atoms with E-state index < -0.39 is 12.1 Å². The Bertz CT molecular complexity index is 1120. The Hall–Kier alpha value is -3.78. The normalized spacial score (nSPS) is 11.9. The zero-order valence-electron chi connectivity index (χ0n) is 20.3. The average Bonchev–Trinajstić information content (AvgIpc) is 2.85. The highest BCUT2D eigenvalue weighted by Crippen LogP contribution is 2.33. The van der Waals surface area contributed by atoms with Gasteiger partial charge in [-0.1, -0.05) is 93.6 Å². The molecule has 0 aliphatic carbocycles. The molecule has 0 N–H and O–H groups in total. The maximum absolute atomic E-state index is 12.5. The Morgan fingerprint density at radius 3 is 2.06 bits per heavy atom. The summed E-state index contributed by atoms with van der Waals surface area (Å²) in [5.41, 5.74) is 3.88. The second-order valence-corrected chi connectivity index (χ2v) is 9.35. The van der Waals surface area contributed by atoms with Gasteiger partial charge in [0.05, 0.1) is 6.07 Å². The van der Waals surface area contributed by atoms with E-state index in [1.54, 1.807) is 7.05 Å². The number of carbonyl (C=O) groups is 1. The summed E-state index contributed by atoms with van der Waals surface area (Å²) in [6, 6.07) is 27.1. The minimum Gasteiger partial charge on any atom is -0.489 e. The number of hydrogen-bond donors (Lipinski definition) is 0. The van der Waals surface area contributed by atoms with Gasteiger partial charge in [-0.2, -0.15) is 5.26 Å². The van der Waals surface area contributed by atoms with Gasteiger partial charge >= 0.3 is 6.09 Å². The van der Waals surface area contributed by atoms with E-state index in [9.17, 15) is 10.1 Å². The van der Waals surface area contributed by atoms with Crippen LogP contribution in [-0.4, -0.2) is 24.1 Å². The van der Waals surface area contributed by atoms with E-state index >= 15 is 0 Å². The highest BCUT2D eigenvalue weighted by Gasteiger charge is 2.24. The summed E-state index contributed by atoms with van der Waals surface area (Å²) < 4.78 is 11.5. The van der Waals surface area contributed by atoms with E-state index in [4.69, 9.17) is 9.47 Å². The van der Waals surface area contributed by atoms with Crippen LogP contribution in [0.4, 0.5) is 4.79 Å². The van der Waals surface area contributed by atoms with Gasteiger partial charge in [0.2, 0.25) is 0 Å². The molecule has 0 heterocycles. The van der Waals surface area contributed by atoms with E-state index in [-0.39, 0.29) is 12.0 Å². The predicted octanol–water partition coefficient (Wildman–Crippen LogP) is 6.27. The Labute approximate surface area is 202 Å². The number of ether oxygens (including phenoxy) is 2. The third-order valence-electron chi connectivity index (χ3n) is 5.63. The van der Waals surface area contributed by atoms with Crippen molar-refractivity contribution in [2.75, 3.05) is 7.05 Å². The molecular formula is C29H32N2O3. The molecule has 0 aromatic heterocycles. The fraction of sp³-hybridized carbons (Fsp3) is 0.310. The third-order valence-corrected chi connectivity index (χ3v) is 5.63. The summed E-state index contributed by atoms with van der Waals surface area (Å²) >= 11 is 0. The lowest BCUT2D eigenvalue weighted by atomic mass is 9.84. The number of likely N-dealkylation sites (N-methyl/N-ethyl adjacent to an activating group) is 1. The molecule has 3 rings (SSSR count). The topological polar surface area (TPSA) is 62.6 Å². The molecule has 0 saturated carbocycles. The second-order valence-electron chi connectivity index (χ2n) is 9.35. The molecule has 1 atom stereocenters. The van der Waals surface area contributed by atoms with Crippen LogP contribution in [0.2, 0.25) is 0 Å². The number of carbonyl (C=O) groups excluding carboxylic acids is 1. The van der Waals surface area contributed by atoms with Crippen LogP contribution in [0.3, 0.4) is 0 Å². The predicted molar refractivity (Wildman–Crippen MR) is 133 cm³/mol. The van der Waals surface area contributed by atoms with Gasteiger partial charge in [-0.05, 0) is 33.7 Å². The Morgan fingerprint density at radius 2 is 1.50 bits per heavy atom. The number of rotatable bonds is 8. The van der Waals surface area contributed by atoms with Crippen molar-refractivity contribution in [3.63, 3.8) is 0 Å². The molecule has 0 bridgehead atoms. The molecule has 3 aromatic carbocycles. The number of hydrogen-bond acceptors (Lipinski definition) is 4. The second kappa shape index (κ2) is 11.4. The van der Waals surface area contributed by atoms with Crippen molar-refractivity contribution in [2.45, 2.75) is 51.9 Å². The summed E-state index contributed by atoms with van der Waals surface area (Å²) in [5.74, 6) is 0.823. The van der Waals surface area contributed by atoms with Crippen molar-refractivity contribution in [2.24, 2.45) is 0 Å². The van der Waals surface area contributed by atoms with Crippen molar-refractivity contribution in [1.29, 1.82) is 5.26 Å². The highest BCUT2D eigenvalue weighted by molar-refractivity contribution is 5.68. The van der Waals surface area contributed by atoms with E-state index in [0.717, 1.165) is 28.0 Å². The molecular weight excluding hydrogens is 424 g/mol. The third kappa shape index (κ3) is 6.86. The molecule has 0 aliphatic rings.